The van der Waals surface area contributed by atoms with Gasteiger partial charge in [-0.2, -0.15) is 4.73 Å². The van der Waals surface area contributed by atoms with E-state index in [0.717, 1.165) is 0 Å². The van der Waals surface area contributed by atoms with Gasteiger partial charge in [-0.1, -0.05) is 0 Å². The summed E-state index contributed by atoms with van der Waals surface area (Å²) < 4.78 is 5.97. The number of ether oxygens (including phenoxy) is 1. The molecular weight excluding hydrogens is 290 g/mol. The van der Waals surface area contributed by atoms with Gasteiger partial charge in [0.15, 0.2) is 6.20 Å². The summed E-state index contributed by atoms with van der Waals surface area (Å²) in [6.07, 6.45) is 1.93. The van der Waals surface area contributed by atoms with Gasteiger partial charge < -0.3 is 15.1 Å². The maximum Gasteiger partial charge on any atom is 0.349 e. The molecule has 92 valence electrons. The fourth-order valence-corrected chi connectivity index (χ4v) is 2.57. The molecule has 1 aliphatic rings. The van der Waals surface area contributed by atoms with Crippen LogP contribution in [-0.4, -0.2) is 17.7 Å². The summed E-state index contributed by atoms with van der Waals surface area (Å²) >= 11 is 3.20. The maximum atomic E-state index is 11.8. The highest BCUT2D eigenvalue weighted by Gasteiger charge is 2.52. The van der Waals surface area contributed by atoms with Crippen LogP contribution in [0.1, 0.15) is 24.6 Å². The quantitative estimate of drug-likeness (QED) is 0.498. The Balaban J connectivity index is 2.49. The largest absolute Gasteiger partial charge is 0.618 e. The van der Waals surface area contributed by atoms with Crippen LogP contribution in [0.15, 0.2) is 16.7 Å². The summed E-state index contributed by atoms with van der Waals surface area (Å²) in [5.74, 6) is -0.759. The Hall–Kier alpha value is -1.14. The van der Waals surface area contributed by atoms with Crippen LogP contribution in [0.3, 0.4) is 0 Å². The van der Waals surface area contributed by atoms with Crippen molar-refractivity contribution in [2.24, 2.45) is 0 Å². The van der Waals surface area contributed by atoms with Crippen LogP contribution < -0.4 is 4.73 Å². The number of esters is 1. The number of aliphatic hydroxyl groups is 1. The van der Waals surface area contributed by atoms with E-state index >= 15 is 0 Å². The number of nitrogens with zero attached hydrogens (tertiary/aromatic N) is 1. The van der Waals surface area contributed by atoms with E-state index in [1.165, 1.54) is 6.20 Å². The Morgan fingerprint density at radius 3 is 3.12 bits per heavy atom. The maximum absolute atomic E-state index is 11.8. The molecule has 0 radical (unpaired) electrons. The number of hydrogen-bond acceptors (Lipinski definition) is 4. The van der Waals surface area contributed by atoms with Crippen molar-refractivity contribution in [3.63, 3.8) is 0 Å². The summed E-state index contributed by atoms with van der Waals surface area (Å²) in [5, 5.41) is 22.1. The molecule has 0 unspecified atom stereocenters. The zero-order valence-electron chi connectivity index (χ0n) is 9.27. The van der Waals surface area contributed by atoms with Crippen LogP contribution in [0.25, 0.3) is 0 Å². The third-order valence-electron chi connectivity index (χ3n) is 2.84. The standard InChI is InChI=1S/C11H12BrNO4/c1-2-17-10(14)11(15)4-3-7-5-8(12)6-13(16)9(7)11/h5-6,15H,2-4H2,1H3/t11-/m1/s1. The average molecular weight is 302 g/mol. The van der Waals surface area contributed by atoms with Crippen LogP contribution >= 0.6 is 15.9 Å². The second-order valence-corrected chi connectivity index (χ2v) is 4.85. The first-order chi connectivity index (χ1) is 7.99. The monoisotopic (exact) mass is 301 g/mol. The molecule has 0 bridgehead atoms. The molecule has 0 saturated carbocycles. The first kappa shape index (κ1) is 12.3. The molecule has 0 aliphatic heterocycles. The number of aryl methyl sites for hydroxylation is 1. The number of fused-ring (bicyclic) bond motifs is 1. The second-order valence-electron chi connectivity index (χ2n) is 3.94. The summed E-state index contributed by atoms with van der Waals surface area (Å²) in [5.41, 5.74) is -1.06. The van der Waals surface area contributed by atoms with E-state index in [2.05, 4.69) is 15.9 Å². The summed E-state index contributed by atoms with van der Waals surface area (Å²) in [4.78, 5) is 11.7. The Morgan fingerprint density at radius 2 is 2.47 bits per heavy atom. The molecule has 1 aliphatic carbocycles. The van der Waals surface area contributed by atoms with E-state index in [0.29, 0.717) is 21.2 Å². The van der Waals surface area contributed by atoms with Gasteiger partial charge >= 0.3 is 5.97 Å². The van der Waals surface area contributed by atoms with Gasteiger partial charge in [0.2, 0.25) is 11.3 Å². The van der Waals surface area contributed by atoms with Gasteiger partial charge in [-0.05, 0) is 35.3 Å². The number of rotatable bonds is 2. The Bertz CT molecular complexity index is 477. The van der Waals surface area contributed by atoms with Crippen molar-refractivity contribution in [1.29, 1.82) is 0 Å². The smallest absolute Gasteiger partial charge is 0.349 e. The number of halogens is 1. The fourth-order valence-electron chi connectivity index (χ4n) is 2.11. The van der Waals surface area contributed by atoms with E-state index in [4.69, 9.17) is 4.74 Å². The number of carbonyl (C=O) groups excluding carboxylic acids is 1. The molecule has 1 atom stereocenters. The van der Waals surface area contributed by atoms with E-state index in [9.17, 15) is 15.1 Å². The summed E-state index contributed by atoms with van der Waals surface area (Å²) in [7, 11) is 0. The molecule has 1 N–H and O–H groups in total. The lowest BCUT2D eigenvalue weighted by Crippen LogP contribution is -2.46. The van der Waals surface area contributed by atoms with Crippen LogP contribution in [0, 0.1) is 5.21 Å². The van der Waals surface area contributed by atoms with Gasteiger partial charge in [-0.15, -0.1) is 0 Å². The minimum atomic E-state index is -1.81. The van der Waals surface area contributed by atoms with Crippen LogP contribution in [-0.2, 0) is 21.6 Å². The zero-order valence-corrected chi connectivity index (χ0v) is 10.9. The number of pyridine rings is 1. The minimum absolute atomic E-state index is 0.0825. The van der Waals surface area contributed by atoms with Crippen molar-refractivity contribution in [2.75, 3.05) is 6.61 Å². The van der Waals surface area contributed by atoms with Gasteiger partial charge in [0.05, 0.1) is 11.1 Å². The lowest BCUT2D eigenvalue weighted by Gasteiger charge is -2.19. The molecule has 1 aromatic heterocycles. The molecule has 6 heteroatoms. The molecule has 1 heterocycles. The molecule has 0 fully saturated rings. The molecule has 0 saturated heterocycles. The average Bonchev–Trinajstić information content (AvgIpc) is 2.58. The summed E-state index contributed by atoms with van der Waals surface area (Å²) in [6.45, 7) is 1.83. The summed E-state index contributed by atoms with van der Waals surface area (Å²) in [6, 6.07) is 1.74. The van der Waals surface area contributed by atoms with Crippen molar-refractivity contribution < 1.29 is 19.4 Å². The molecule has 0 aromatic carbocycles. The molecule has 0 amide bonds. The van der Waals surface area contributed by atoms with Gasteiger partial charge in [-0.25, -0.2) is 4.79 Å². The molecular formula is C11H12BrNO4. The first-order valence-corrected chi connectivity index (χ1v) is 6.10. The van der Waals surface area contributed by atoms with Crippen molar-refractivity contribution >= 4 is 21.9 Å². The van der Waals surface area contributed by atoms with Gasteiger partial charge in [0.1, 0.15) is 0 Å². The predicted octanol–water partition coefficient (Wildman–Crippen LogP) is 0.779. The Morgan fingerprint density at radius 1 is 1.76 bits per heavy atom. The highest BCUT2D eigenvalue weighted by atomic mass is 79.9. The topological polar surface area (TPSA) is 73.5 Å². The molecule has 1 aromatic rings. The minimum Gasteiger partial charge on any atom is -0.618 e. The SMILES string of the molecule is CCOC(=O)[C@@]1(O)CCc2cc(Br)c[n+]([O-])c21. The normalized spacial score (nSPS) is 22.3. The van der Waals surface area contributed by atoms with Crippen LogP contribution in [0.5, 0.6) is 0 Å². The molecule has 17 heavy (non-hydrogen) atoms. The van der Waals surface area contributed by atoms with E-state index in [1.807, 2.05) is 0 Å². The van der Waals surface area contributed by atoms with Crippen LogP contribution in [0.2, 0.25) is 0 Å². The molecule has 5 nitrogen and oxygen atoms in total. The lowest BCUT2D eigenvalue weighted by atomic mass is 10.0. The molecule has 0 spiro atoms. The number of carbonyl (C=O) groups is 1. The number of hydrogen-bond donors (Lipinski definition) is 1. The Kier molecular flexibility index (Phi) is 3.09. The van der Waals surface area contributed by atoms with Crippen LogP contribution in [0.4, 0.5) is 0 Å². The number of aromatic nitrogens is 1. The van der Waals surface area contributed by atoms with Gasteiger partial charge in [-0.3, -0.25) is 0 Å². The highest BCUT2D eigenvalue weighted by molar-refractivity contribution is 9.10. The van der Waals surface area contributed by atoms with E-state index in [-0.39, 0.29) is 18.7 Å². The third-order valence-corrected chi connectivity index (χ3v) is 3.27. The highest BCUT2D eigenvalue weighted by Crippen LogP contribution is 2.36. The van der Waals surface area contributed by atoms with E-state index < -0.39 is 11.6 Å². The van der Waals surface area contributed by atoms with Crippen molar-refractivity contribution in [2.45, 2.75) is 25.4 Å². The first-order valence-electron chi connectivity index (χ1n) is 5.30. The van der Waals surface area contributed by atoms with Gasteiger partial charge in [0, 0.05) is 12.0 Å². The zero-order chi connectivity index (χ0) is 12.6. The van der Waals surface area contributed by atoms with Gasteiger partial charge in [0.25, 0.3) is 0 Å². The predicted molar refractivity (Wildman–Crippen MR) is 62.0 cm³/mol. The van der Waals surface area contributed by atoms with E-state index in [1.54, 1.807) is 13.0 Å². The van der Waals surface area contributed by atoms with Crippen molar-refractivity contribution in [1.82, 2.24) is 0 Å². The Labute approximate surface area is 107 Å². The van der Waals surface area contributed by atoms with Crippen molar-refractivity contribution in [3.05, 3.63) is 33.2 Å². The lowest BCUT2D eigenvalue weighted by molar-refractivity contribution is -0.621. The van der Waals surface area contributed by atoms with Crippen molar-refractivity contribution in [3.8, 4) is 0 Å². The molecule has 2 rings (SSSR count). The fraction of sp³-hybridized carbons (Fsp3) is 0.455. The third kappa shape index (κ3) is 1.91. The second kappa shape index (κ2) is 4.27.